The van der Waals surface area contributed by atoms with E-state index >= 15 is 0 Å². The van der Waals surface area contributed by atoms with Gasteiger partial charge in [0.25, 0.3) is 0 Å². The van der Waals surface area contributed by atoms with Gasteiger partial charge in [-0.15, -0.1) is 0 Å². The number of carbonyl (C=O) groups is 2. The summed E-state index contributed by atoms with van der Waals surface area (Å²) >= 11 is 6.67. The molecule has 0 aliphatic carbocycles. The van der Waals surface area contributed by atoms with Gasteiger partial charge in [-0.3, -0.25) is 4.79 Å². The maximum atomic E-state index is 11.0. The summed E-state index contributed by atoms with van der Waals surface area (Å²) in [5, 5.41) is 2.91. The first-order chi connectivity index (χ1) is 5.66. The van der Waals surface area contributed by atoms with Crippen molar-refractivity contribution in [1.29, 1.82) is 0 Å². The first-order valence-corrected chi connectivity index (χ1v) is 5.15. The van der Waals surface area contributed by atoms with Crippen LogP contribution in [0.3, 0.4) is 0 Å². The highest BCUT2D eigenvalue weighted by Crippen LogP contribution is 2.23. The van der Waals surface area contributed by atoms with Crippen molar-refractivity contribution in [2.45, 2.75) is 15.7 Å². The van der Waals surface area contributed by atoms with Crippen LogP contribution in [0, 0.1) is 0 Å². The summed E-state index contributed by atoms with van der Waals surface area (Å²) < 4.78 is 4.21. The molecule has 0 aromatic heterocycles. The molecule has 1 fully saturated rings. The fraction of sp³-hybridized carbons (Fsp3) is 0.667. The molecular weight excluding hydrogens is 294 g/mol. The second-order valence-electron chi connectivity index (χ2n) is 2.38. The Labute approximate surface area is 86.3 Å². The summed E-state index contributed by atoms with van der Waals surface area (Å²) in [5.41, 5.74) is 0. The van der Waals surface area contributed by atoms with Crippen LogP contribution in [0.15, 0.2) is 0 Å². The largest absolute Gasteiger partial charge is 0.394 e. The molecule has 0 saturated carbocycles. The molecule has 0 spiro atoms. The molecule has 1 aliphatic rings. The van der Waals surface area contributed by atoms with Gasteiger partial charge in [-0.1, -0.05) is 31.9 Å². The van der Waals surface area contributed by atoms with Crippen LogP contribution in [-0.4, -0.2) is 34.7 Å². The molecule has 12 heavy (non-hydrogen) atoms. The van der Waals surface area contributed by atoms with Crippen LogP contribution in [0.1, 0.15) is 0 Å². The van der Waals surface area contributed by atoms with Crippen molar-refractivity contribution in [3.05, 3.63) is 0 Å². The Morgan fingerprint density at radius 1 is 1.58 bits per heavy atom. The lowest BCUT2D eigenvalue weighted by atomic mass is 10.2. The van der Waals surface area contributed by atoms with E-state index in [1.165, 1.54) is 0 Å². The summed E-state index contributed by atoms with van der Waals surface area (Å²) in [5.74, 6) is -0.547. The molecule has 68 valence electrons. The van der Waals surface area contributed by atoms with Gasteiger partial charge < -0.3 is 10.1 Å². The van der Waals surface area contributed by atoms with Gasteiger partial charge in [-0.05, 0) is 0 Å². The molecule has 0 aromatic carbocycles. The molecule has 4 nitrogen and oxygen atoms in total. The van der Waals surface area contributed by atoms with Gasteiger partial charge >= 0.3 is 12.4 Å². The lowest BCUT2D eigenvalue weighted by Gasteiger charge is -2.11. The van der Waals surface area contributed by atoms with Crippen LogP contribution in [0.5, 0.6) is 0 Å². The molecule has 6 heteroatoms. The predicted molar refractivity (Wildman–Crippen MR) is 49.4 cm³/mol. The molecule has 1 aliphatic heterocycles. The number of halogens is 2. The van der Waals surface area contributed by atoms with E-state index in [-0.39, 0.29) is 16.1 Å². The Morgan fingerprint density at radius 2 is 2.25 bits per heavy atom. The Hall–Kier alpha value is 0.0600. The highest BCUT2D eigenvalue weighted by molar-refractivity contribution is 9.12. The van der Waals surface area contributed by atoms with Gasteiger partial charge in [-0.25, -0.2) is 4.79 Å². The Balaban J connectivity index is 2.53. The highest BCUT2D eigenvalue weighted by Gasteiger charge is 2.38. The third-order valence-corrected chi connectivity index (χ3v) is 4.38. The van der Waals surface area contributed by atoms with Gasteiger partial charge in [0, 0.05) is 11.4 Å². The number of nitrogens with one attached hydrogen (secondary N) is 1. The molecule has 2 unspecified atom stereocenters. The average molecular weight is 301 g/mol. The zero-order valence-electron chi connectivity index (χ0n) is 6.00. The third kappa shape index (κ3) is 2.05. The molecule has 1 rings (SSSR count). The molecule has 1 N–H and O–H groups in total. The van der Waals surface area contributed by atoms with E-state index in [0.717, 1.165) is 0 Å². The first kappa shape index (κ1) is 10.1. The van der Waals surface area contributed by atoms with E-state index < -0.39 is 12.0 Å². The summed E-state index contributed by atoms with van der Waals surface area (Å²) in [6.45, 7) is 0.819. The summed E-state index contributed by atoms with van der Waals surface area (Å²) in [7, 11) is 0. The van der Waals surface area contributed by atoms with Gasteiger partial charge in [0.1, 0.15) is 6.04 Å². The molecule has 0 amide bonds. The number of ether oxygens (including phenoxy) is 1. The highest BCUT2D eigenvalue weighted by atomic mass is 79.9. The van der Waals surface area contributed by atoms with Crippen LogP contribution in [0.4, 0.5) is 0 Å². The smallest absolute Gasteiger partial charge is 0.331 e. The van der Waals surface area contributed by atoms with Gasteiger partial charge in [0.15, 0.2) is 0 Å². The maximum Gasteiger partial charge on any atom is 0.331 e. The van der Waals surface area contributed by atoms with Crippen molar-refractivity contribution in [3.63, 3.8) is 0 Å². The molecule has 3 atom stereocenters. The van der Waals surface area contributed by atoms with E-state index in [2.05, 4.69) is 41.9 Å². The normalized spacial score (nSPS) is 34.7. The molecule has 0 aromatic rings. The minimum Gasteiger partial charge on any atom is -0.394 e. The van der Waals surface area contributed by atoms with E-state index in [9.17, 15) is 9.59 Å². The Kier molecular flexibility index (Phi) is 3.67. The molecule has 0 radical (unpaired) electrons. The van der Waals surface area contributed by atoms with Crippen LogP contribution in [0.25, 0.3) is 0 Å². The van der Waals surface area contributed by atoms with E-state index in [1.807, 2.05) is 0 Å². The topological polar surface area (TPSA) is 55.4 Å². The number of alkyl halides is 2. The van der Waals surface area contributed by atoms with E-state index in [1.54, 1.807) is 0 Å². The summed E-state index contributed by atoms with van der Waals surface area (Å²) in [6, 6.07) is -0.445. The second-order valence-corrected chi connectivity index (χ2v) is 4.61. The van der Waals surface area contributed by atoms with Crippen LogP contribution >= 0.6 is 31.9 Å². The number of esters is 1. The quantitative estimate of drug-likeness (QED) is 0.342. The van der Waals surface area contributed by atoms with Crippen molar-refractivity contribution in [2.75, 3.05) is 6.54 Å². The number of hydrogen-bond donors (Lipinski definition) is 1. The predicted octanol–water partition coefficient (Wildman–Crippen LogP) is 0.185. The minimum absolute atomic E-state index is 0.0371. The fourth-order valence-corrected chi connectivity index (χ4v) is 2.09. The molecule has 1 saturated heterocycles. The zero-order chi connectivity index (χ0) is 9.14. The van der Waals surface area contributed by atoms with Gasteiger partial charge in [0.05, 0.1) is 4.83 Å². The number of hydrogen-bond acceptors (Lipinski definition) is 4. The van der Waals surface area contributed by atoms with E-state index in [0.29, 0.717) is 6.54 Å². The lowest BCUT2D eigenvalue weighted by molar-refractivity contribution is -0.152. The third-order valence-electron chi connectivity index (χ3n) is 1.61. The van der Waals surface area contributed by atoms with Crippen LogP contribution < -0.4 is 5.32 Å². The van der Waals surface area contributed by atoms with Crippen LogP contribution in [0.2, 0.25) is 0 Å². The maximum absolute atomic E-state index is 11.0. The standard InChI is InChI=1S/C6H7Br2NO3/c7-3-1-9-5(4(3)8)6(11)12-2-10/h2-5,9H,1H2/t3?,4?,5-/m0/s1. The van der Waals surface area contributed by atoms with Crippen molar-refractivity contribution in [3.8, 4) is 0 Å². The number of rotatable bonds is 2. The van der Waals surface area contributed by atoms with E-state index in [4.69, 9.17) is 0 Å². The second kappa shape index (κ2) is 4.34. The first-order valence-electron chi connectivity index (χ1n) is 3.32. The monoisotopic (exact) mass is 299 g/mol. The SMILES string of the molecule is O=COC(=O)[C@H]1NCC(Br)C1Br. The molecule has 0 bridgehead atoms. The van der Waals surface area contributed by atoms with Crippen molar-refractivity contribution in [2.24, 2.45) is 0 Å². The zero-order valence-corrected chi connectivity index (χ0v) is 9.17. The molecule has 1 heterocycles. The van der Waals surface area contributed by atoms with Crippen LogP contribution in [-0.2, 0) is 14.3 Å². The number of carbonyl (C=O) groups excluding carboxylic acids is 2. The molecular formula is C6H7Br2NO3. The van der Waals surface area contributed by atoms with Gasteiger partial charge in [-0.2, -0.15) is 0 Å². The Morgan fingerprint density at radius 3 is 2.67 bits per heavy atom. The average Bonchev–Trinajstić information content (AvgIpc) is 2.34. The summed E-state index contributed by atoms with van der Waals surface area (Å²) in [6.07, 6.45) is 0. The lowest BCUT2D eigenvalue weighted by Crippen LogP contribution is -2.37. The fourth-order valence-electron chi connectivity index (χ4n) is 1.01. The van der Waals surface area contributed by atoms with Crippen molar-refractivity contribution in [1.82, 2.24) is 5.32 Å². The summed E-state index contributed by atoms with van der Waals surface area (Å²) in [4.78, 5) is 21.0. The van der Waals surface area contributed by atoms with Crippen molar-refractivity contribution >= 4 is 44.3 Å². The Bertz CT molecular complexity index is 199. The van der Waals surface area contributed by atoms with Gasteiger partial charge in [0.2, 0.25) is 0 Å². The minimum atomic E-state index is -0.547. The van der Waals surface area contributed by atoms with Crippen molar-refractivity contribution < 1.29 is 14.3 Å².